The van der Waals surface area contributed by atoms with Gasteiger partial charge in [-0.05, 0) is 37.0 Å². The average molecular weight is 353 g/mol. The summed E-state index contributed by atoms with van der Waals surface area (Å²) in [7, 11) is 0. The fourth-order valence-corrected chi connectivity index (χ4v) is 4.23. The summed E-state index contributed by atoms with van der Waals surface area (Å²) in [6.45, 7) is 9.09. The largest absolute Gasteiger partial charge is 0.462 e. The van der Waals surface area contributed by atoms with Crippen LogP contribution in [0.1, 0.15) is 118 Å². The van der Waals surface area contributed by atoms with Crippen molar-refractivity contribution < 1.29 is 9.53 Å². The molecule has 1 aliphatic rings. The van der Waals surface area contributed by atoms with Crippen molar-refractivity contribution in [3.63, 3.8) is 0 Å². The van der Waals surface area contributed by atoms with Gasteiger partial charge in [0.1, 0.15) is 6.10 Å². The van der Waals surface area contributed by atoms with E-state index in [1.807, 2.05) is 0 Å². The molecular weight excluding hydrogens is 308 g/mol. The molecular formula is C23H44O2. The molecule has 0 spiro atoms. The molecule has 0 radical (unpaired) electrons. The van der Waals surface area contributed by atoms with Crippen molar-refractivity contribution in [2.45, 2.75) is 124 Å². The molecule has 0 unspecified atom stereocenters. The summed E-state index contributed by atoms with van der Waals surface area (Å²) in [6.07, 6.45) is 17.4. The van der Waals surface area contributed by atoms with Crippen molar-refractivity contribution in [2.75, 3.05) is 0 Å². The first-order valence-corrected chi connectivity index (χ1v) is 11.2. The first kappa shape index (κ1) is 22.5. The van der Waals surface area contributed by atoms with Gasteiger partial charge in [0.15, 0.2) is 0 Å². The molecule has 0 saturated heterocycles. The normalized spacial score (nSPS) is 23.8. The highest BCUT2D eigenvalue weighted by Gasteiger charge is 2.33. The maximum absolute atomic E-state index is 12.2. The van der Waals surface area contributed by atoms with E-state index < -0.39 is 0 Å². The highest BCUT2D eigenvalue weighted by Crippen LogP contribution is 2.35. The molecule has 0 bridgehead atoms. The Labute approximate surface area is 157 Å². The minimum atomic E-state index is 0.0457. The quantitative estimate of drug-likeness (QED) is 0.257. The zero-order valence-electron chi connectivity index (χ0n) is 17.5. The van der Waals surface area contributed by atoms with Crippen LogP contribution >= 0.6 is 0 Å². The monoisotopic (exact) mass is 352 g/mol. The predicted octanol–water partition coefficient (Wildman–Crippen LogP) is 7.30. The van der Waals surface area contributed by atoms with Crippen molar-refractivity contribution in [3.05, 3.63) is 0 Å². The van der Waals surface area contributed by atoms with Crippen LogP contribution in [0.3, 0.4) is 0 Å². The first-order valence-electron chi connectivity index (χ1n) is 11.2. The molecule has 0 aromatic carbocycles. The Hall–Kier alpha value is -0.530. The summed E-state index contributed by atoms with van der Waals surface area (Å²) >= 11 is 0. The van der Waals surface area contributed by atoms with Gasteiger partial charge in [-0.2, -0.15) is 0 Å². The lowest BCUT2D eigenvalue weighted by molar-refractivity contribution is -0.156. The van der Waals surface area contributed by atoms with Crippen LogP contribution in [0.4, 0.5) is 0 Å². The molecule has 3 atom stereocenters. The fourth-order valence-electron chi connectivity index (χ4n) is 4.23. The van der Waals surface area contributed by atoms with Crippen molar-refractivity contribution in [1.29, 1.82) is 0 Å². The van der Waals surface area contributed by atoms with Crippen LogP contribution in [0.5, 0.6) is 0 Å². The summed E-state index contributed by atoms with van der Waals surface area (Å²) < 4.78 is 5.88. The van der Waals surface area contributed by atoms with Gasteiger partial charge in [-0.3, -0.25) is 4.79 Å². The van der Waals surface area contributed by atoms with Crippen LogP contribution in [0.2, 0.25) is 0 Å². The molecule has 2 heteroatoms. The van der Waals surface area contributed by atoms with Gasteiger partial charge in [0.05, 0.1) is 0 Å². The molecule has 0 aliphatic heterocycles. The lowest BCUT2D eigenvalue weighted by Gasteiger charge is -2.36. The van der Waals surface area contributed by atoms with E-state index in [0.29, 0.717) is 24.2 Å². The fraction of sp³-hybridized carbons (Fsp3) is 0.957. The summed E-state index contributed by atoms with van der Waals surface area (Å²) in [6, 6.07) is 0. The van der Waals surface area contributed by atoms with E-state index in [1.165, 1.54) is 70.6 Å². The van der Waals surface area contributed by atoms with Crippen molar-refractivity contribution in [3.8, 4) is 0 Å². The van der Waals surface area contributed by atoms with Crippen molar-refractivity contribution >= 4 is 5.97 Å². The highest BCUT2D eigenvalue weighted by atomic mass is 16.5. The molecule has 0 amide bonds. The molecule has 2 nitrogen and oxygen atoms in total. The topological polar surface area (TPSA) is 26.3 Å². The maximum Gasteiger partial charge on any atom is 0.306 e. The van der Waals surface area contributed by atoms with Gasteiger partial charge in [-0.25, -0.2) is 0 Å². The zero-order chi connectivity index (χ0) is 18.5. The molecule has 148 valence electrons. The molecule has 0 heterocycles. The number of carbonyl (C=O) groups excluding carboxylic acids is 1. The van der Waals surface area contributed by atoms with Gasteiger partial charge in [-0.1, -0.05) is 91.9 Å². The first-order chi connectivity index (χ1) is 12.0. The molecule has 1 aliphatic carbocycles. The van der Waals surface area contributed by atoms with Gasteiger partial charge in [-0.15, -0.1) is 0 Å². The van der Waals surface area contributed by atoms with E-state index in [0.717, 1.165) is 12.8 Å². The third-order valence-corrected chi connectivity index (χ3v) is 5.98. The zero-order valence-corrected chi connectivity index (χ0v) is 17.5. The van der Waals surface area contributed by atoms with E-state index in [4.69, 9.17) is 4.74 Å². The molecule has 0 N–H and O–H groups in total. The third-order valence-electron chi connectivity index (χ3n) is 5.98. The van der Waals surface area contributed by atoms with E-state index in [-0.39, 0.29) is 12.1 Å². The minimum Gasteiger partial charge on any atom is -0.462 e. The molecule has 1 saturated carbocycles. The number of hydrogen-bond acceptors (Lipinski definition) is 2. The standard InChI is InChI=1S/C23H44O2/c1-5-6-7-8-9-10-11-12-13-14-15-23(24)25-22-18-20(4)16-17-21(22)19(2)3/h19-22H,5-18H2,1-4H3/t20-,21+,22-/m1/s1. The van der Waals surface area contributed by atoms with Gasteiger partial charge in [0, 0.05) is 6.42 Å². The van der Waals surface area contributed by atoms with E-state index in [2.05, 4.69) is 27.7 Å². The Morgan fingerprint density at radius 1 is 0.920 bits per heavy atom. The summed E-state index contributed by atoms with van der Waals surface area (Å²) in [5.74, 6) is 1.92. The minimum absolute atomic E-state index is 0.0457. The number of hydrogen-bond donors (Lipinski definition) is 0. The van der Waals surface area contributed by atoms with Crippen LogP contribution in [0, 0.1) is 17.8 Å². The number of ether oxygens (including phenoxy) is 1. The van der Waals surface area contributed by atoms with Crippen LogP contribution in [-0.2, 0) is 9.53 Å². The summed E-state index contributed by atoms with van der Waals surface area (Å²) in [5.41, 5.74) is 0. The summed E-state index contributed by atoms with van der Waals surface area (Å²) in [5, 5.41) is 0. The lowest BCUT2D eigenvalue weighted by atomic mass is 9.75. The van der Waals surface area contributed by atoms with Gasteiger partial charge in [0.2, 0.25) is 0 Å². The predicted molar refractivity (Wildman–Crippen MR) is 108 cm³/mol. The lowest BCUT2D eigenvalue weighted by Crippen LogP contribution is -2.35. The van der Waals surface area contributed by atoms with E-state index in [9.17, 15) is 4.79 Å². The third kappa shape index (κ3) is 10.3. The molecule has 1 fully saturated rings. The van der Waals surface area contributed by atoms with Crippen LogP contribution in [-0.4, -0.2) is 12.1 Å². The van der Waals surface area contributed by atoms with Crippen LogP contribution in [0.25, 0.3) is 0 Å². The van der Waals surface area contributed by atoms with Gasteiger partial charge in [0.25, 0.3) is 0 Å². The highest BCUT2D eigenvalue weighted by molar-refractivity contribution is 5.69. The van der Waals surface area contributed by atoms with E-state index >= 15 is 0 Å². The maximum atomic E-state index is 12.2. The second kappa shape index (κ2) is 13.6. The molecule has 0 aromatic rings. The Bertz CT molecular complexity index is 337. The summed E-state index contributed by atoms with van der Waals surface area (Å²) in [4.78, 5) is 12.2. The Morgan fingerprint density at radius 2 is 1.48 bits per heavy atom. The SMILES string of the molecule is CCCCCCCCCCCCC(=O)O[C@@H]1C[C@H](C)CC[C@H]1C(C)C. The Balaban J connectivity index is 2.06. The number of rotatable bonds is 13. The number of carbonyl (C=O) groups is 1. The molecule has 0 aromatic heterocycles. The molecule has 1 rings (SSSR count). The number of esters is 1. The van der Waals surface area contributed by atoms with Crippen LogP contribution in [0.15, 0.2) is 0 Å². The van der Waals surface area contributed by atoms with Gasteiger partial charge < -0.3 is 4.74 Å². The van der Waals surface area contributed by atoms with Crippen molar-refractivity contribution in [2.24, 2.45) is 17.8 Å². The van der Waals surface area contributed by atoms with Crippen molar-refractivity contribution in [1.82, 2.24) is 0 Å². The van der Waals surface area contributed by atoms with Crippen LogP contribution < -0.4 is 0 Å². The molecule has 25 heavy (non-hydrogen) atoms. The Morgan fingerprint density at radius 3 is 2.04 bits per heavy atom. The second-order valence-corrected chi connectivity index (χ2v) is 8.79. The second-order valence-electron chi connectivity index (χ2n) is 8.79. The van der Waals surface area contributed by atoms with E-state index in [1.54, 1.807) is 0 Å². The number of unbranched alkanes of at least 4 members (excludes halogenated alkanes) is 9. The smallest absolute Gasteiger partial charge is 0.306 e. The Kier molecular flexibility index (Phi) is 12.3. The van der Waals surface area contributed by atoms with Gasteiger partial charge >= 0.3 is 5.97 Å². The average Bonchev–Trinajstić information content (AvgIpc) is 2.56.